The summed E-state index contributed by atoms with van der Waals surface area (Å²) in [6.45, 7) is 4.75. The van der Waals surface area contributed by atoms with Crippen LogP contribution < -0.4 is 10.5 Å². The van der Waals surface area contributed by atoms with Crippen LogP contribution >= 0.6 is 11.3 Å². The standard InChI is InChI=1S/C30H29N5OS/c1-20-14-25(36-19-22-8-4-3-5-9-22)15-21(2)28(20)27-16-24(11-6-12-26-18-33-30(31)37-26)34-29(35-27)23-10-7-13-32-17-23/h3-5,7-10,13-18H,6,11-12,19H2,1-2H3,(H2,31,33). The molecule has 186 valence electrons. The summed E-state index contributed by atoms with van der Waals surface area (Å²) >= 11 is 1.54. The van der Waals surface area contributed by atoms with E-state index in [0.717, 1.165) is 64.2 Å². The molecule has 0 bridgehead atoms. The van der Waals surface area contributed by atoms with E-state index in [1.165, 1.54) is 4.88 Å². The third kappa shape index (κ3) is 6.19. The fraction of sp³-hybridized carbons (Fsp3) is 0.200. The number of rotatable bonds is 9. The lowest BCUT2D eigenvalue weighted by atomic mass is 9.98. The molecule has 0 aliphatic carbocycles. The van der Waals surface area contributed by atoms with Crippen molar-refractivity contribution in [3.05, 3.63) is 107 Å². The molecule has 0 aliphatic rings. The van der Waals surface area contributed by atoms with Gasteiger partial charge in [0.15, 0.2) is 11.0 Å². The van der Waals surface area contributed by atoms with Crippen LogP contribution in [0.25, 0.3) is 22.6 Å². The number of ether oxygens (including phenoxy) is 1. The Balaban J connectivity index is 1.43. The highest BCUT2D eigenvalue weighted by Crippen LogP contribution is 2.32. The Bertz CT molecular complexity index is 1460. The molecule has 0 aliphatic heterocycles. The van der Waals surface area contributed by atoms with Crippen molar-refractivity contribution < 1.29 is 4.74 Å². The number of hydrogen-bond acceptors (Lipinski definition) is 7. The number of aryl methyl sites for hydroxylation is 4. The largest absolute Gasteiger partial charge is 0.489 e. The lowest BCUT2D eigenvalue weighted by Gasteiger charge is -2.15. The van der Waals surface area contributed by atoms with Gasteiger partial charge in [-0.05, 0) is 80.1 Å². The first kappa shape index (κ1) is 24.6. The normalized spacial score (nSPS) is 11.0. The first-order valence-corrected chi connectivity index (χ1v) is 13.1. The van der Waals surface area contributed by atoms with Crippen LogP contribution in [0, 0.1) is 13.8 Å². The molecule has 5 aromatic rings. The van der Waals surface area contributed by atoms with Gasteiger partial charge in [-0.25, -0.2) is 15.0 Å². The number of nitrogens with two attached hydrogens (primary N) is 1. The van der Waals surface area contributed by atoms with Crippen molar-refractivity contribution in [3.63, 3.8) is 0 Å². The Labute approximate surface area is 221 Å². The van der Waals surface area contributed by atoms with Gasteiger partial charge in [-0.1, -0.05) is 30.3 Å². The number of nitrogens with zero attached hydrogens (tertiary/aromatic N) is 4. The summed E-state index contributed by atoms with van der Waals surface area (Å²) in [4.78, 5) is 19.5. The van der Waals surface area contributed by atoms with Crippen LogP contribution in [-0.2, 0) is 19.4 Å². The maximum absolute atomic E-state index is 6.10. The van der Waals surface area contributed by atoms with E-state index in [4.69, 9.17) is 20.4 Å². The molecule has 0 saturated heterocycles. The van der Waals surface area contributed by atoms with E-state index in [1.807, 2.05) is 42.7 Å². The number of anilines is 1. The zero-order chi connectivity index (χ0) is 25.6. The number of nitrogen functional groups attached to an aromatic ring is 1. The number of aromatic nitrogens is 4. The first-order valence-electron chi connectivity index (χ1n) is 12.3. The highest BCUT2D eigenvalue weighted by Gasteiger charge is 2.14. The zero-order valence-corrected chi connectivity index (χ0v) is 21.8. The maximum Gasteiger partial charge on any atom is 0.180 e. The van der Waals surface area contributed by atoms with Crippen molar-refractivity contribution in [2.45, 2.75) is 39.7 Å². The molecule has 0 spiro atoms. The van der Waals surface area contributed by atoms with Gasteiger partial charge in [0, 0.05) is 40.3 Å². The van der Waals surface area contributed by atoms with Gasteiger partial charge in [0.25, 0.3) is 0 Å². The smallest absolute Gasteiger partial charge is 0.180 e. The Morgan fingerprint density at radius 1 is 0.892 bits per heavy atom. The van der Waals surface area contributed by atoms with Crippen molar-refractivity contribution in [1.29, 1.82) is 0 Å². The number of pyridine rings is 1. The van der Waals surface area contributed by atoms with E-state index in [0.29, 0.717) is 17.6 Å². The van der Waals surface area contributed by atoms with Gasteiger partial charge < -0.3 is 10.5 Å². The van der Waals surface area contributed by atoms with Crippen LogP contribution in [0.4, 0.5) is 5.13 Å². The third-order valence-electron chi connectivity index (χ3n) is 6.14. The van der Waals surface area contributed by atoms with Crippen molar-refractivity contribution in [3.8, 4) is 28.4 Å². The third-order valence-corrected chi connectivity index (χ3v) is 7.02. The molecule has 0 unspecified atom stereocenters. The summed E-state index contributed by atoms with van der Waals surface area (Å²) < 4.78 is 6.10. The van der Waals surface area contributed by atoms with E-state index in [-0.39, 0.29) is 0 Å². The summed E-state index contributed by atoms with van der Waals surface area (Å²) in [5.41, 5.74) is 13.1. The highest BCUT2D eigenvalue weighted by atomic mass is 32.1. The molecule has 37 heavy (non-hydrogen) atoms. The van der Waals surface area contributed by atoms with Crippen molar-refractivity contribution >= 4 is 16.5 Å². The predicted octanol–water partition coefficient (Wildman–Crippen LogP) is 6.62. The monoisotopic (exact) mass is 507 g/mol. The minimum Gasteiger partial charge on any atom is -0.489 e. The second-order valence-corrected chi connectivity index (χ2v) is 10.2. The molecule has 0 atom stereocenters. The number of hydrogen-bond donors (Lipinski definition) is 1. The Hall–Kier alpha value is -4.10. The van der Waals surface area contributed by atoms with E-state index in [9.17, 15) is 0 Å². The molecular weight excluding hydrogens is 478 g/mol. The minimum absolute atomic E-state index is 0.535. The Morgan fingerprint density at radius 3 is 2.41 bits per heavy atom. The summed E-state index contributed by atoms with van der Waals surface area (Å²) in [5.74, 6) is 1.54. The Morgan fingerprint density at radius 2 is 1.70 bits per heavy atom. The molecule has 6 nitrogen and oxygen atoms in total. The van der Waals surface area contributed by atoms with Gasteiger partial charge in [-0.15, -0.1) is 11.3 Å². The molecular formula is C30H29N5OS. The van der Waals surface area contributed by atoms with E-state index in [2.05, 4.69) is 54.1 Å². The van der Waals surface area contributed by atoms with Crippen molar-refractivity contribution in [2.75, 3.05) is 5.73 Å². The SMILES string of the molecule is Cc1cc(OCc2ccccc2)cc(C)c1-c1cc(CCCc2cnc(N)s2)nc(-c2cccnc2)n1. The Kier molecular flexibility index (Phi) is 7.51. The highest BCUT2D eigenvalue weighted by molar-refractivity contribution is 7.15. The average molecular weight is 508 g/mol. The second kappa shape index (κ2) is 11.3. The molecule has 3 aromatic heterocycles. The maximum atomic E-state index is 6.10. The van der Waals surface area contributed by atoms with E-state index < -0.39 is 0 Å². The molecule has 7 heteroatoms. The van der Waals surface area contributed by atoms with Gasteiger partial charge in [-0.3, -0.25) is 4.98 Å². The van der Waals surface area contributed by atoms with Crippen LogP contribution in [-0.4, -0.2) is 19.9 Å². The zero-order valence-electron chi connectivity index (χ0n) is 21.0. The van der Waals surface area contributed by atoms with E-state index >= 15 is 0 Å². The first-order chi connectivity index (χ1) is 18.0. The van der Waals surface area contributed by atoms with Crippen LogP contribution in [0.5, 0.6) is 5.75 Å². The lowest BCUT2D eigenvalue weighted by Crippen LogP contribution is -2.02. The van der Waals surface area contributed by atoms with E-state index in [1.54, 1.807) is 17.5 Å². The van der Waals surface area contributed by atoms with Crippen LogP contribution in [0.15, 0.2) is 79.3 Å². The molecule has 0 saturated carbocycles. The van der Waals surface area contributed by atoms with Crippen LogP contribution in [0.3, 0.4) is 0 Å². The van der Waals surface area contributed by atoms with Gasteiger partial charge in [0.2, 0.25) is 0 Å². The molecule has 0 radical (unpaired) electrons. The summed E-state index contributed by atoms with van der Waals surface area (Å²) in [6, 6.07) is 20.4. The van der Waals surface area contributed by atoms with Gasteiger partial charge in [0.05, 0.1) is 5.69 Å². The summed E-state index contributed by atoms with van der Waals surface area (Å²) in [6.07, 6.45) is 8.13. The van der Waals surface area contributed by atoms with Gasteiger partial charge in [0.1, 0.15) is 12.4 Å². The summed E-state index contributed by atoms with van der Waals surface area (Å²) in [5, 5.41) is 0.611. The molecule has 2 aromatic carbocycles. The average Bonchev–Trinajstić information content (AvgIpc) is 3.33. The molecule has 2 N–H and O–H groups in total. The molecule has 3 heterocycles. The molecule has 5 rings (SSSR count). The minimum atomic E-state index is 0.535. The number of benzene rings is 2. The molecule has 0 amide bonds. The van der Waals surface area contributed by atoms with Gasteiger partial charge >= 0.3 is 0 Å². The topological polar surface area (TPSA) is 86.8 Å². The lowest BCUT2D eigenvalue weighted by molar-refractivity contribution is 0.306. The quantitative estimate of drug-likeness (QED) is 0.241. The molecule has 0 fully saturated rings. The second-order valence-electron chi connectivity index (χ2n) is 9.03. The fourth-order valence-corrected chi connectivity index (χ4v) is 5.14. The number of thiazole rings is 1. The predicted molar refractivity (Wildman–Crippen MR) is 149 cm³/mol. The van der Waals surface area contributed by atoms with Crippen LogP contribution in [0.2, 0.25) is 0 Å². The van der Waals surface area contributed by atoms with Crippen LogP contribution in [0.1, 0.15) is 33.7 Å². The fourth-order valence-electron chi connectivity index (χ4n) is 4.41. The van der Waals surface area contributed by atoms with Crippen molar-refractivity contribution in [2.24, 2.45) is 0 Å². The van der Waals surface area contributed by atoms with Crippen molar-refractivity contribution in [1.82, 2.24) is 19.9 Å². The van der Waals surface area contributed by atoms with Gasteiger partial charge in [-0.2, -0.15) is 0 Å². The summed E-state index contributed by atoms with van der Waals surface area (Å²) in [7, 11) is 0.